The van der Waals surface area contributed by atoms with Gasteiger partial charge in [0.05, 0.1) is 11.3 Å². The fourth-order valence-corrected chi connectivity index (χ4v) is 3.78. The van der Waals surface area contributed by atoms with Crippen LogP contribution in [0.4, 0.5) is 10.1 Å². The zero-order chi connectivity index (χ0) is 15.6. The lowest BCUT2D eigenvalue weighted by molar-refractivity contribution is 0.0697. The molecule has 0 spiro atoms. The molecule has 1 atom stereocenters. The van der Waals surface area contributed by atoms with Crippen molar-refractivity contribution in [2.24, 2.45) is 5.92 Å². The molecule has 0 saturated carbocycles. The number of hydrogen-bond donors (Lipinski definition) is 2. The highest BCUT2D eigenvalue weighted by molar-refractivity contribution is 7.90. The van der Waals surface area contributed by atoms with Gasteiger partial charge in [-0.05, 0) is 30.9 Å². The third-order valence-corrected chi connectivity index (χ3v) is 4.91. The van der Waals surface area contributed by atoms with Crippen molar-refractivity contribution in [1.82, 2.24) is 4.31 Å². The summed E-state index contributed by atoms with van der Waals surface area (Å²) < 4.78 is 41.6. The van der Waals surface area contributed by atoms with E-state index >= 15 is 0 Å². The second-order valence-corrected chi connectivity index (χ2v) is 6.85. The first-order valence-corrected chi connectivity index (χ1v) is 8.05. The van der Waals surface area contributed by atoms with Gasteiger partial charge < -0.3 is 5.11 Å². The standard InChI is InChI=1S/C13H17FN2O4S/c1-9-4-3-7-16(8-9)21(19,20)15-12-10(13(17)18)5-2-6-11(12)14/h2,5-6,9,15H,3-4,7-8H2,1H3,(H,17,18). The zero-order valence-corrected chi connectivity index (χ0v) is 12.4. The SMILES string of the molecule is CC1CCCN(S(=O)(=O)Nc2c(F)cccc2C(=O)O)C1. The maximum Gasteiger partial charge on any atom is 0.337 e. The Balaban J connectivity index is 2.30. The molecule has 0 aliphatic carbocycles. The van der Waals surface area contributed by atoms with Crippen molar-refractivity contribution in [3.8, 4) is 0 Å². The molecule has 1 heterocycles. The minimum atomic E-state index is -3.97. The lowest BCUT2D eigenvalue weighted by Gasteiger charge is -2.30. The molecule has 2 N–H and O–H groups in total. The average molecular weight is 316 g/mol. The van der Waals surface area contributed by atoms with Gasteiger partial charge in [0.1, 0.15) is 5.82 Å². The number of carboxylic acid groups (broad SMARTS) is 1. The fourth-order valence-electron chi connectivity index (χ4n) is 2.36. The maximum atomic E-state index is 13.8. The monoisotopic (exact) mass is 316 g/mol. The van der Waals surface area contributed by atoms with Crippen LogP contribution in [0.3, 0.4) is 0 Å². The van der Waals surface area contributed by atoms with Crippen LogP contribution in [0.1, 0.15) is 30.1 Å². The van der Waals surface area contributed by atoms with Gasteiger partial charge in [0.25, 0.3) is 0 Å². The number of para-hydroxylation sites is 1. The molecule has 0 radical (unpaired) electrons. The fraction of sp³-hybridized carbons (Fsp3) is 0.462. The normalized spacial score (nSPS) is 20.2. The Morgan fingerprint density at radius 1 is 1.48 bits per heavy atom. The van der Waals surface area contributed by atoms with Gasteiger partial charge in [-0.15, -0.1) is 0 Å². The Hall–Kier alpha value is -1.67. The number of carboxylic acids is 1. The quantitative estimate of drug-likeness (QED) is 0.888. The average Bonchev–Trinajstić information content (AvgIpc) is 2.40. The van der Waals surface area contributed by atoms with Crippen molar-refractivity contribution < 1.29 is 22.7 Å². The van der Waals surface area contributed by atoms with Crippen molar-refractivity contribution >= 4 is 21.9 Å². The highest BCUT2D eigenvalue weighted by Gasteiger charge is 2.29. The van der Waals surface area contributed by atoms with Gasteiger partial charge in [0, 0.05) is 13.1 Å². The molecule has 1 aromatic rings. The smallest absolute Gasteiger partial charge is 0.337 e. The van der Waals surface area contributed by atoms with Crippen LogP contribution in [-0.2, 0) is 10.2 Å². The van der Waals surface area contributed by atoms with Crippen molar-refractivity contribution in [3.05, 3.63) is 29.6 Å². The van der Waals surface area contributed by atoms with Crippen molar-refractivity contribution in [1.29, 1.82) is 0 Å². The Labute approximate surface area is 122 Å². The Morgan fingerprint density at radius 2 is 2.19 bits per heavy atom. The molecule has 1 unspecified atom stereocenters. The summed E-state index contributed by atoms with van der Waals surface area (Å²) in [5.74, 6) is -2.09. The number of piperidine rings is 1. The van der Waals surface area contributed by atoms with Crippen LogP contribution in [0.15, 0.2) is 18.2 Å². The van der Waals surface area contributed by atoms with E-state index in [2.05, 4.69) is 4.72 Å². The molecular formula is C13H17FN2O4S. The van der Waals surface area contributed by atoms with E-state index in [1.54, 1.807) is 0 Å². The summed E-state index contributed by atoms with van der Waals surface area (Å²) in [6.07, 6.45) is 1.66. The van der Waals surface area contributed by atoms with Gasteiger partial charge in [0.2, 0.25) is 0 Å². The summed E-state index contributed by atoms with van der Waals surface area (Å²) in [5, 5.41) is 9.02. The summed E-state index contributed by atoms with van der Waals surface area (Å²) >= 11 is 0. The van der Waals surface area contributed by atoms with Crippen molar-refractivity contribution in [2.45, 2.75) is 19.8 Å². The minimum Gasteiger partial charge on any atom is -0.478 e. The topological polar surface area (TPSA) is 86.7 Å². The Bertz CT molecular complexity index is 648. The summed E-state index contributed by atoms with van der Waals surface area (Å²) in [5.41, 5.74) is -0.938. The molecule has 21 heavy (non-hydrogen) atoms. The molecule has 6 nitrogen and oxygen atoms in total. The van der Waals surface area contributed by atoms with Gasteiger partial charge in [-0.1, -0.05) is 13.0 Å². The molecule has 1 aromatic carbocycles. The number of aromatic carboxylic acids is 1. The summed E-state index contributed by atoms with van der Waals surface area (Å²) in [4.78, 5) is 11.1. The van der Waals surface area contributed by atoms with Gasteiger partial charge in [-0.3, -0.25) is 4.72 Å². The van der Waals surface area contributed by atoms with E-state index in [1.807, 2.05) is 6.92 Å². The second kappa shape index (κ2) is 5.98. The number of benzene rings is 1. The zero-order valence-electron chi connectivity index (χ0n) is 11.5. The van der Waals surface area contributed by atoms with E-state index in [0.29, 0.717) is 13.1 Å². The molecule has 0 aromatic heterocycles. The first kappa shape index (κ1) is 15.7. The minimum absolute atomic E-state index is 0.217. The number of halogens is 1. The number of nitrogens with one attached hydrogen (secondary N) is 1. The summed E-state index contributed by atoms with van der Waals surface area (Å²) in [6, 6.07) is 3.39. The Morgan fingerprint density at radius 3 is 2.81 bits per heavy atom. The summed E-state index contributed by atoms with van der Waals surface area (Å²) in [7, 11) is -3.97. The van der Waals surface area contributed by atoms with E-state index in [0.717, 1.165) is 25.0 Å². The predicted molar refractivity (Wildman–Crippen MR) is 75.9 cm³/mol. The molecule has 1 saturated heterocycles. The van der Waals surface area contributed by atoms with E-state index in [4.69, 9.17) is 5.11 Å². The van der Waals surface area contributed by atoms with E-state index < -0.39 is 33.2 Å². The number of hydrogen-bond acceptors (Lipinski definition) is 3. The van der Waals surface area contributed by atoms with Crippen LogP contribution in [0.2, 0.25) is 0 Å². The number of anilines is 1. The number of carbonyl (C=O) groups is 1. The van der Waals surface area contributed by atoms with Crippen LogP contribution < -0.4 is 4.72 Å². The molecule has 1 aliphatic rings. The lowest BCUT2D eigenvalue weighted by Crippen LogP contribution is -2.42. The van der Waals surface area contributed by atoms with Crippen LogP contribution in [0.25, 0.3) is 0 Å². The van der Waals surface area contributed by atoms with Crippen LogP contribution in [0.5, 0.6) is 0 Å². The largest absolute Gasteiger partial charge is 0.478 e. The highest BCUT2D eigenvalue weighted by Crippen LogP contribution is 2.24. The van der Waals surface area contributed by atoms with Crippen molar-refractivity contribution in [2.75, 3.05) is 17.8 Å². The second-order valence-electron chi connectivity index (χ2n) is 5.18. The molecule has 1 fully saturated rings. The van der Waals surface area contributed by atoms with E-state index in [-0.39, 0.29) is 5.92 Å². The van der Waals surface area contributed by atoms with Gasteiger partial charge >= 0.3 is 16.2 Å². The molecule has 8 heteroatoms. The molecule has 1 aliphatic heterocycles. The van der Waals surface area contributed by atoms with Gasteiger partial charge in [0.15, 0.2) is 0 Å². The molecule has 2 rings (SSSR count). The maximum absolute atomic E-state index is 13.8. The van der Waals surface area contributed by atoms with Gasteiger partial charge in [-0.25, -0.2) is 9.18 Å². The number of rotatable bonds is 4. The number of nitrogens with zero attached hydrogens (tertiary/aromatic N) is 1. The van der Waals surface area contributed by atoms with Crippen LogP contribution in [0, 0.1) is 11.7 Å². The van der Waals surface area contributed by atoms with Crippen molar-refractivity contribution in [3.63, 3.8) is 0 Å². The Kier molecular flexibility index (Phi) is 4.48. The van der Waals surface area contributed by atoms with E-state index in [9.17, 15) is 17.6 Å². The van der Waals surface area contributed by atoms with E-state index in [1.165, 1.54) is 10.4 Å². The molecule has 0 bridgehead atoms. The lowest BCUT2D eigenvalue weighted by atomic mass is 10.0. The van der Waals surface area contributed by atoms with Crippen LogP contribution >= 0.6 is 0 Å². The van der Waals surface area contributed by atoms with Gasteiger partial charge in [-0.2, -0.15) is 12.7 Å². The van der Waals surface area contributed by atoms with Crippen LogP contribution in [-0.4, -0.2) is 36.9 Å². The predicted octanol–water partition coefficient (Wildman–Crippen LogP) is 1.91. The molecule has 116 valence electrons. The third-order valence-electron chi connectivity index (χ3n) is 3.43. The molecule has 0 amide bonds. The summed E-state index contributed by atoms with van der Waals surface area (Å²) in [6.45, 7) is 2.62. The third kappa shape index (κ3) is 3.51. The molecular weight excluding hydrogens is 299 g/mol. The first-order valence-electron chi connectivity index (χ1n) is 6.61. The first-order chi connectivity index (χ1) is 9.81. The highest BCUT2D eigenvalue weighted by atomic mass is 32.2.